The van der Waals surface area contributed by atoms with Gasteiger partial charge in [-0.1, -0.05) is 127 Å². The summed E-state index contributed by atoms with van der Waals surface area (Å²) in [6.45, 7) is 1.04. The van der Waals surface area contributed by atoms with E-state index >= 15 is 0 Å². The van der Waals surface area contributed by atoms with Crippen LogP contribution in [0.4, 0.5) is 0 Å². The van der Waals surface area contributed by atoms with Crippen LogP contribution in [-0.4, -0.2) is 14.9 Å². The molecule has 0 radical (unpaired) electrons. The van der Waals surface area contributed by atoms with E-state index in [4.69, 9.17) is 4.43 Å². The van der Waals surface area contributed by atoms with Crippen molar-refractivity contribution in [1.29, 1.82) is 0 Å². The Morgan fingerprint density at radius 2 is 1.14 bits per heavy atom. The maximum absolute atomic E-state index is 7.34. The molecule has 1 aromatic carbocycles. The van der Waals surface area contributed by atoms with Crippen molar-refractivity contribution in [1.82, 2.24) is 0 Å². The average Bonchev–Trinajstić information content (AvgIpc) is 2.79. The predicted molar refractivity (Wildman–Crippen MR) is 123 cm³/mol. The first kappa shape index (κ1) is 20.7. The first-order valence-corrected chi connectivity index (χ1v) is 14.7. The van der Waals surface area contributed by atoms with Gasteiger partial charge in [0.05, 0.1) is 0 Å². The molecule has 2 heteroatoms. The van der Waals surface area contributed by atoms with Crippen LogP contribution in [0.5, 0.6) is 0 Å². The summed E-state index contributed by atoms with van der Waals surface area (Å²) >= 11 is 0. The van der Waals surface area contributed by atoms with Crippen molar-refractivity contribution >= 4 is 13.5 Å². The summed E-state index contributed by atoms with van der Waals surface area (Å²) in [5, 5.41) is 1.64. The van der Waals surface area contributed by atoms with Gasteiger partial charge in [0, 0.05) is 6.61 Å². The highest BCUT2D eigenvalue weighted by Gasteiger charge is 2.51. The maximum Gasteiger partial charge on any atom is 0.230 e. The quantitative estimate of drug-likeness (QED) is 0.432. The molecule has 3 aliphatic rings. The summed E-state index contributed by atoms with van der Waals surface area (Å²) in [4.78, 5) is 0. The molecule has 0 spiro atoms. The van der Waals surface area contributed by atoms with E-state index in [9.17, 15) is 0 Å². The number of hydrogen-bond acceptors (Lipinski definition) is 1. The van der Waals surface area contributed by atoms with E-state index in [1.807, 2.05) is 0 Å². The zero-order valence-corrected chi connectivity index (χ0v) is 19.0. The van der Waals surface area contributed by atoms with Crippen molar-refractivity contribution in [2.45, 2.75) is 114 Å². The maximum atomic E-state index is 7.34. The van der Waals surface area contributed by atoms with Crippen LogP contribution < -0.4 is 5.19 Å². The standard InChI is InChI=1S/C26H42OSi/c1-5-13-23(14-6-1)21-22-27-28(24-15-7-2-8-16-24,25-17-9-3-10-18-25)26-19-11-4-12-20-26/h2,7-8,15-16,23,25-26H,1,3-6,9-14,17-22H2. The normalized spacial score (nSPS) is 23.7. The summed E-state index contributed by atoms with van der Waals surface area (Å²) in [6.07, 6.45) is 23.0. The third kappa shape index (κ3) is 4.75. The number of benzene rings is 1. The summed E-state index contributed by atoms with van der Waals surface area (Å²) in [7, 11) is -1.95. The first-order chi connectivity index (χ1) is 13.9. The van der Waals surface area contributed by atoms with Gasteiger partial charge in [-0.3, -0.25) is 0 Å². The lowest BCUT2D eigenvalue weighted by Crippen LogP contribution is -2.59. The van der Waals surface area contributed by atoms with Crippen LogP contribution in [0.15, 0.2) is 30.3 Å². The van der Waals surface area contributed by atoms with E-state index < -0.39 is 8.32 Å². The van der Waals surface area contributed by atoms with Gasteiger partial charge in [0.15, 0.2) is 0 Å². The van der Waals surface area contributed by atoms with Crippen molar-refractivity contribution in [3.8, 4) is 0 Å². The van der Waals surface area contributed by atoms with Gasteiger partial charge in [-0.05, 0) is 28.6 Å². The number of rotatable bonds is 7. The lowest BCUT2D eigenvalue weighted by molar-refractivity contribution is 0.222. The minimum atomic E-state index is -1.95. The Kier molecular flexibility index (Phi) is 7.70. The lowest BCUT2D eigenvalue weighted by atomic mass is 9.87. The Labute approximate surface area is 174 Å². The van der Waals surface area contributed by atoms with Gasteiger partial charge in [0.1, 0.15) is 0 Å². The highest BCUT2D eigenvalue weighted by Crippen LogP contribution is 2.48. The molecule has 0 N–H and O–H groups in total. The summed E-state index contributed by atoms with van der Waals surface area (Å²) in [5.74, 6) is 0.939. The average molecular weight is 399 g/mol. The van der Waals surface area contributed by atoms with Crippen molar-refractivity contribution in [2.24, 2.45) is 5.92 Å². The monoisotopic (exact) mass is 398 g/mol. The highest BCUT2D eigenvalue weighted by atomic mass is 28.4. The topological polar surface area (TPSA) is 9.23 Å². The van der Waals surface area contributed by atoms with E-state index in [0.717, 1.165) is 23.6 Å². The Morgan fingerprint density at radius 3 is 1.68 bits per heavy atom. The van der Waals surface area contributed by atoms with Gasteiger partial charge >= 0.3 is 0 Å². The SMILES string of the molecule is c1ccc([Si](OCCC2CCCCC2)(C2CCCCC2)C2CCCCC2)cc1. The minimum Gasteiger partial charge on any atom is -0.412 e. The van der Waals surface area contributed by atoms with E-state index in [1.165, 1.54) is 103 Å². The third-order valence-corrected chi connectivity index (χ3v) is 13.7. The van der Waals surface area contributed by atoms with Gasteiger partial charge in [-0.15, -0.1) is 0 Å². The van der Waals surface area contributed by atoms with Crippen LogP contribution in [0.2, 0.25) is 11.1 Å². The second-order valence-electron chi connectivity index (χ2n) is 9.97. The molecule has 3 fully saturated rings. The Hall–Kier alpha value is -0.603. The minimum absolute atomic E-state index is 0.859. The first-order valence-electron chi connectivity index (χ1n) is 12.6. The van der Waals surface area contributed by atoms with Crippen molar-refractivity contribution in [3.63, 3.8) is 0 Å². The van der Waals surface area contributed by atoms with Gasteiger partial charge in [0.25, 0.3) is 0 Å². The molecule has 0 amide bonds. The molecule has 156 valence electrons. The van der Waals surface area contributed by atoms with Crippen molar-refractivity contribution in [3.05, 3.63) is 30.3 Å². The fraction of sp³-hybridized carbons (Fsp3) is 0.769. The van der Waals surface area contributed by atoms with Crippen LogP contribution in [0.1, 0.15) is 103 Å². The molecule has 3 aliphatic carbocycles. The summed E-state index contributed by atoms with van der Waals surface area (Å²) in [6, 6.07) is 11.7. The molecule has 3 saturated carbocycles. The fourth-order valence-electron chi connectivity index (χ4n) is 6.76. The molecule has 0 atom stereocenters. The van der Waals surface area contributed by atoms with Gasteiger partial charge in [-0.25, -0.2) is 0 Å². The smallest absolute Gasteiger partial charge is 0.230 e. The lowest BCUT2D eigenvalue weighted by Gasteiger charge is -2.47. The fourth-order valence-corrected chi connectivity index (χ4v) is 12.7. The Balaban J connectivity index is 1.58. The van der Waals surface area contributed by atoms with Crippen molar-refractivity contribution in [2.75, 3.05) is 6.61 Å². The summed E-state index contributed by atoms with van der Waals surface area (Å²) in [5.41, 5.74) is 1.72. The molecule has 0 aliphatic heterocycles. The molecule has 28 heavy (non-hydrogen) atoms. The van der Waals surface area contributed by atoms with Gasteiger partial charge in [0.2, 0.25) is 8.32 Å². The molecule has 0 aromatic heterocycles. The summed E-state index contributed by atoms with van der Waals surface area (Å²) < 4.78 is 7.34. The Morgan fingerprint density at radius 1 is 0.643 bits per heavy atom. The third-order valence-electron chi connectivity index (χ3n) is 8.24. The van der Waals surface area contributed by atoms with Crippen LogP contribution in [-0.2, 0) is 4.43 Å². The molecule has 1 nitrogen and oxygen atoms in total. The molecule has 4 rings (SSSR count). The van der Waals surface area contributed by atoms with Crippen LogP contribution >= 0.6 is 0 Å². The molecule has 0 heterocycles. The van der Waals surface area contributed by atoms with Crippen LogP contribution in [0, 0.1) is 5.92 Å². The van der Waals surface area contributed by atoms with Crippen molar-refractivity contribution < 1.29 is 4.43 Å². The van der Waals surface area contributed by atoms with Crippen LogP contribution in [0.3, 0.4) is 0 Å². The van der Waals surface area contributed by atoms with E-state index in [2.05, 4.69) is 30.3 Å². The zero-order valence-electron chi connectivity index (χ0n) is 18.0. The predicted octanol–water partition coefficient (Wildman–Crippen LogP) is 7.49. The molecule has 0 unspecified atom stereocenters. The van der Waals surface area contributed by atoms with E-state index in [0.29, 0.717) is 0 Å². The number of hydrogen-bond donors (Lipinski definition) is 0. The van der Waals surface area contributed by atoms with Gasteiger partial charge < -0.3 is 4.43 Å². The molecular formula is C26H42OSi. The van der Waals surface area contributed by atoms with E-state index in [1.54, 1.807) is 5.19 Å². The molecular weight excluding hydrogens is 356 g/mol. The Bertz CT molecular complexity index is 535. The zero-order chi connectivity index (χ0) is 19.1. The largest absolute Gasteiger partial charge is 0.412 e. The highest BCUT2D eigenvalue weighted by molar-refractivity contribution is 6.89. The molecule has 0 saturated heterocycles. The second-order valence-corrected chi connectivity index (χ2v) is 14.1. The molecule has 1 aromatic rings. The van der Waals surface area contributed by atoms with E-state index in [-0.39, 0.29) is 0 Å². The van der Waals surface area contributed by atoms with Gasteiger partial charge in [-0.2, -0.15) is 0 Å². The molecule has 0 bridgehead atoms. The second kappa shape index (κ2) is 10.4. The van der Waals surface area contributed by atoms with Crippen LogP contribution in [0.25, 0.3) is 0 Å².